The third kappa shape index (κ3) is 5.49. The summed E-state index contributed by atoms with van der Waals surface area (Å²) in [5, 5.41) is 5.79. The molecule has 30 heavy (non-hydrogen) atoms. The molecule has 3 amide bonds. The van der Waals surface area contributed by atoms with Gasteiger partial charge in [0.05, 0.1) is 12.8 Å². The van der Waals surface area contributed by atoms with Crippen molar-refractivity contribution in [3.05, 3.63) is 59.5 Å². The molecule has 7 nitrogen and oxygen atoms in total. The molecule has 0 bridgehead atoms. The van der Waals surface area contributed by atoms with Crippen molar-refractivity contribution in [2.75, 3.05) is 13.1 Å². The fourth-order valence-electron chi connectivity index (χ4n) is 3.73. The molecule has 2 heterocycles. The molecule has 1 aliphatic rings. The summed E-state index contributed by atoms with van der Waals surface area (Å²) in [6.45, 7) is 5.26. The van der Waals surface area contributed by atoms with Crippen LogP contribution in [0.4, 0.5) is 0 Å². The van der Waals surface area contributed by atoms with Crippen molar-refractivity contribution in [3.8, 4) is 0 Å². The van der Waals surface area contributed by atoms with E-state index < -0.39 is 6.04 Å². The monoisotopic (exact) mass is 411 g/mol. The Balaban J connectivity index is 1.69. The van der Waals surface area contributed by atoms with Crippen molar-refractivity contribution >= 4 is 17.7 Å². The number of carbonyl (C=O) groups excluding carboxylic acids is 3. The number of furan rings is 1. The van der Waals surface area contributed by atoms with Crippen LogP contribution < -0.4 is 10.6 Å². The lowest BCUT2D eigenvalue weighted by Gasteiger charge is -2.35. The maximum absolute atomic E-state index is 13.0. The molecule has 0 saturated carbocycles. The second-order valence-electron chi connectivity index (χ2n) is 7.69. The lowest BCUT2D eigenvalue weighted by Crippen LogP contribution is -2.53. The molecule has 1 atom stereocenters. The van der Waals surface area contributed by atoms with Crippen LogP contribution in [0.2, 0.25) is 0 Å². The SMILES string of the molecule is CCC(=O)N1CCC(C(NC(=O)c2ccc(C)cc2)C(=O)NCc2ccco2)CC1. The molecule has 0 aliphatic carbocycles. The first-order chi connectivity index (χ1) is 14.5. The third-order valence-corrected chi connectivity index (χ3v) is 5.57. The smallest absolute Gasteiger partial charge is 0.251 e. The maximum Gasteiger partial charge on any atom is 0.251 e. The topological polar surface area (TPSA) is 91.7 Å². The zero-order chi connectivity index (χ0) is 21.5. The van der Waals surface area contributed by atoms with E-state index in [0.717, 1.165) is 5.56 Å². The van der Waals surface area contributed by atoms with E-state index in [1.165, 1.54) is 0 Å². The Morgan fingerprint density at radius 3 is 2.43 bits per heavy atom. The van der Waals surface area contributed by atoms with Crippen LogP contribution in [0.15, 0.2) is 47.1 Å². The molecule has 160 valence electrons. The molecule has 0 radical (unpaired) electrons. The molecule has 1 fully saturated rings. The zero-order valence-electron chi connectivity index (χ0n) is 17.5. The molecule has 1 aliphatic heterocycles. The van der Waals surface area contributed by atoms with E-state index in [1.54, 1.807) is 30.5 Å². The molecular weight excluding hydrogens is 382 g/mol. The average Bonchev–Trinajstić information content (AvgIpc) is 3.29. The number of rotatable bonds is 7. The van der Waals surface area contributed by atoms with E-state index in [0.29, 0.717) is 43.7 Å². The van der Waals surface area contributed by atoms with Crippen LogP contribution in [0.5, 0.6) is 0 Å². The summed E-state index contributed by atoms with van der Waals surface area (Å²) in [4.78, 5) is 39.6. The van der Waals surface area contributed by atoms with Gasteiger partial charge >= 0.3 is 0 Å². The lowest BCUT2D eigenvalue weighted by molar-refractivity contribution is -0.132. The minimum atomic E-state index is -0.673. The van der Waals surface area contributed by atoms with E-state index in [1.807, 2.05) is 30.9 Å². The molecule has 3 rings (SSSR count). The summed E-state index contributed by atoms with van der Waals surface area (Å²) in [6.07, 6.45) is 3.36. The first-order valence-corrected chi connectivity index (χ1v) is 10.4. The highest BCUT2D eigenvalue weighted by atomic mass is 16.3. The van der Waals surface area contributed by atoms with Gasteiger partial charge in [0.2, 0.25) is 11.8 Å². The van der Waals surface area contributed by atoms with Crippen LogP contribution >= 0.6 is 0 Å². The Hall–Kier alpha value is -3.09. The molecule has 7 heteroatoms. The highest BCUT2D eigenvalue weighted by molar-refractivity contribution is 5.97. The van der Waals surface area contributed by atoms with Crippen LogP contribution in [0.3, 0.4) is 0 Å². The van der Waals surface area contributed by atoms with Gasteiger partial charge in [-0.05, 0) is 49.9 Å². The van der Waals surface area contributed by atoms with Gasteiger partial charge in [0, 0.05) is 25.1 Å². The molecule has 2 aromatic rings. The second kappa shape index (κ2) is 10.1. The molecule has 0 spiro atoms. The van der Waals surface area contributed by atoms with Gasteiger partial charge in [0.1, 0.15) is 11.8 Å². The van der Waals surface area contributed by atoms with Crippen molar-refractivity contribution in [1.29, 1.82) is 0 Å². The van der Waals surface area contributed by atoms with Gasteiger partial charge in [-0.15, -0.1) is 0 Å². The average molecular weight is 412 g/mol. The van der Waals surface area contributed by atoms with E-state index in [4.69, 9.17) is 4.42 Å². The van der Waals surface area contributed by atoms with Gasteiger partial charge in [-0.25, -0.2) is 0 Å². The number of likely N-dealkylation sites (tertiary alicyclic amines) is 1. The summed E-state index contributed by atoms with van der Waals surface area (Å²) in [7, 11) is 0. The lowest BCUT2D eigenvalue weighted by atomic mass is 9.88. The molecular formula is C23H29N3O4. The van der Waals surface area contributed by atoms with Crippen molar-refractivity contribution < 1.29 is 18.8 Å². The van der Waals surface area contributed by atoms with Gasteiger partial charge < -0.3 is 20.0 Å². The summed E-state index contributed by atoms with van der Waals surface area (Å²) >= 11 is 0. The molecule has 1 saturated heterocycles. The fraction of sp³-hybridized carbons (Fsp3) is 0.435. The highest BCUT2D eigenvalue weighted by Crippen LogP contribution is 2.22. The number of nitrogens with one attached hydrogen (secondary N) is 2. The van der Waals surface area contributed by atoms with Gasteiger partial charge in [-0.3, -0.25) is 14.4 Å². The van der Waals surface area contributed by atoms with Crippen LogP contribution in [0.25, 0.3) is 0 Å². The van der Waals surface area contributed by atoms with E-state index in [2.05, 4.69) is 10.6 Å². The van der Waals surface area contributed by atoms with Crippen LogP contribution in [-0.4, -0.2) is 41.8 Å². The maximum atomic E-state index is 13.0. The Kier molecular flexibility index (Phi) is 7.27. The minimum absolute atomic E-state index is 0.0445. The van der Waals surface area contributed by atoms with E-state index in [9.17, 15) is 14.4 Å². The number of hydrogen-bond donors (Lipinski definition) is 2. The Morgan fingerprint density at radius 1 is 1.13 bits per heavy atom. The molecule has 2 N–H and O–H groups in total. The van der Waals surface area contributed by atoms with Crippen LogP contribution in [0.1, 0.15) is 47.9 Å². The summed E-state index contributed by atoms with van der Waals surface area (Å²) in [5.74, 6) is 0.204. The molecule has 1 aromatic carbocycles. The van der Waals surface area contributed by atoms with E-state index in [-0.39, 0.29) is 30.2 Å². The number of carbonyl (C=O) groups is 3. The van der Waals surface area contributed by atoms with Gasteiger partial charge in [-0.1, -0.05) is 24.6 Å². The van der Waals surface area contributed by atoms with Gasteiger partial charge in [0.25, 0.3) is 5.91 Å². The quantitative estimate of drug-likeness (QED) is 0.733. The van der Waals surface area contributed by atoms with Crippen LogP contribution in [-0.2, 0) is 16.1 Å². The Labute approximate surface area is 176 Å². The number of amides is 3. The highest BCUT2D eigenvalue weighted by Gasteiger charge is 2.33. The van der Waals surface area contributed by atoms with Crippen molar-refractivity contribution in [2.24, 2.45) is 5.92 Å². The first kappa shape index (κ1) is 21.6. The van der Waals surface area contributed by atoms with Crippen molar-refractivity contribution in [3.63, 3.8) is 0 Å². The molecule has 1 aromatic heterocycles. The van der Waals surface area contributed by atoms with Crippen molar-refractivity contribution in [2.45, 2.75) is 45.7 Å². The minimum Gasteiger partial charge on any atom is -0.467 e. The summed E-state index contributed by atoms with van der Waals surface area (Å²) in [6, 6.07) is 10.1. The Bertz CT molecular complexity index is 853. The van der Waals surface area contributed by atoms with Gasteiger partial charge in [0.15, 0.2) is 0 Å². The number of benzene rings is 1. The summed E-state index contributed by atoms with van der Waals surface area (Å²) in [5.41, 5.74) is 1.58. The number of nitrogens with zero attached hydrogens (tertiary/aromatic N) is 1. The molecule has 1 unspecified atom stereocenters. The van der Waals surface area contributed by atoms with Crippen LogP contribution in [0, 0.1) is 12.8 Å². The van der Waals surface area contributed by atoms with Gasteiger partial charge in [-0.2, -0.15) is 0 Å². The largest absolute Gasteiger partial charge is 0.467 e. The predicted octanol–water partition coefficient (Wildman–Crippen LogP) is 2.65. The van der Waals surface area contributed by atoms with Crippen molar-refractivity contribution in [1.82, 2.24) is 15.5 Å². The normalized spacial score (nSPS) is 15.5. The Morgan fingerprint density at radius 2 is 1.83 bits per heavy atom. The third-order valence-electron chi connectivity index (χ3n) is 5.57. The predicted molar refractivity (Wildman–Crippen MR) is 113 cm³/mol. The number of hydrogen-bond acceptors (Lipinski definition) is 4. The zero-order valence-corrected chi connectivity index (χ0v) is 17.5. The number of aryl methyl sites for hydroxylation is 1. The first-order valence-electron chi connectivity index (χ1n) is 10.4. The standard InChI is InChI=1S/C23H29N3O4/c1-3-20(27)26-12-10-17(11-13-26)21(23(29)24-15-19-5-4-14-30-19)25-22(28)18-8-6-16(2)7-9-18/h4-9,14,17,21H,3,10-13,15H2,1-2H3,(H,24,29)(H,25,28). The second-order valence-corrected chi connectivity index (χ2v) is 7.69. The summed E-state index contributed by atoms with van der Waals surface area (Å²) < 4.78 is 5.28. The fourth-order valence-corrected chi connectivity index (χ4v) is 3.73. The van der Waals surface area contributed by atoms with E-state index >= 15 is 0 Å². The number of piperidine rings is 1.